The summed E-state index contributed by atoms with van der Waals surface area (Å²) in [6, 6.07) is 0. The van der Waals surface area contributed by atoms with Crippen molar-refractivity contribution in [2.24, 2.45) is 17.8 Å². The second-order valence-corrected chi connectivity index (χ2v) is 7.28. The van der Waals surface area contributed by atoms with Crippen molar-refractivity contribution in [2.75, 3.05) is 0 Å². The van der Waals surface area contributed by atoms with E-state index in [1.807, 2.05) is 6.92 Å². The molecule has 2 nitrogen and oxygen atoms in total. The number of ether oxygens (including phenoxy) is 1. The third-order valence-corrected chi connectivity index (χ3v) is 5.50. The summed E-state index contributed by atoms with van der Waals surface area (Å²) in [5.41, 5.74) is 0. The minimum absolute atomic E-state index is 0.167. The summed E-state index contributed by atoms with van der Waals surface area (Å²) in [7, 11) is 0. The van der Waals surface area contributed by atoms with Crippen LogP contribution in [0.1, 0.15) is 78.1 Å². The molecule has 0 atom stereocenters. The highest BCUT2D eigenvalue weighted by molar-refractivity contribution is 5.81. The summed E-state index contributed by atoms with van der Waals surface area (Å²) in [6.07, 6.45) is 16.7. The Morgan fingerprint density at radius 1 is 0.952 bits per heavy atom. The van der Waals surface area contributed by atoms with Crippen molar-refractivity contribution >= 4 is 5.97 Å². The number of esters is 1. The molecule has 0 heterocycles. The molecular formula is C19H32O2. The third-order valence-electron chi connectivity index (χ3n) is 5.50. The van der Waals surface area contributed by atoms with E-state index in [0.717, 1.165) is 30.6 Å². The smallest absolute Gasteiger partial charge is 0.330 e. The molecular weight excluding hydrogens is 260 g/mol. The summed E-state index contributed by atoms with van der Waals surface area (Å²) < 4.78 is 5.46. The van der Waals surface area contributed by atoms with Crippen LogP contribution >= 0.6 is 0 Å². The standard InChI is InChI=1S/C19H32O2/c1-3-4-19(20)21-18-13-11-17(12-14-18)10-9-16-7-5-15(2)6-8-16/h3-4,15-18H,5-14H2,1-2H3/b4-3+. The molecule has 0 saturated heterocycles. The lowest BCUT2D eigenvalue weighted by atomic mass is 9.77. The zero-order chi connectivity index (χ0) is 15.1. The summed E-state index contributed by atoms with van der Waals surface area (Å²) in [6.45, 7) is 4.25. The minimum Gasteiger partial charge on any atom is -0.459 e. The average molecular weight is 292 g/mol. The quantitative estimate of drug-likeness (QED) is 0.509. The Morgan fingerprint density at radius 3 is 2.00 bits per heavy atom. The predicted molar refractivity (Wildman–Crippen MR) is 87.0 cm³/mol. The zero-order valence-corrected chi connectivity index (χ0v) is 13.9. The maximum absolute atomic E-state index is 11.4. The Balaban J connectivity index is 1.59. The SMILES string of the molecule is C/C=C/C(=O)OC1CCC(CCC2CCC(C)CC2)CC1. The molecule has 2 fully saturated rings. The molecule has 2 aliphatic carbocycles. The number of allylic oxidation sites excluding steroid dienone is 1. The van der Waals surface area contributed by atoms with Gasteiger partial charge in [-0.1, -0.05) is 51.5 Å². The van der Waals surface area contributed by atoms with E-state index < -0.39 is 0 Å². The summed E-state index contributed by atoms with van der Waals surface area (Å²) >= 11 is 0. The Kier molecular flexibility index (Phi) is 6.79. The van der Waals surface area contributed by atoms with Gasteiger partial charge in [0.1, 0.15) is 6.10 Å². The highest BCUT2D eigenvalue weighted by atomic mass is 16.5. The van der Waals surface area contributed by atoms with E-state index in [9.17, 15) is 4.79 Å². The molecule has 0 unspecified atom stereocenters. The van der Waals surface area contributed by atoms with E-state index in [1.165, 1.54) is 57.4 Å². The molecule has 0 N–H and O–H groups in total. The first-order chi connectivity index (χ1) is 10.2. The van der Waals surface area contributed by atoms with E-state index in [-0.39, 0.29) is 12.1 Å². The van der Waals surface area contributed by atoms with Crippen LogP contribution in [0.3, 0.4) is 0 Å². The van der Waals surface area contributed by atoms with Crippen LogP contribution in [0.4, 0.5) is 0 Å². The Hall–Kier alpha value is -0.790. The van der Waals surface area contributed by atoms with Gasteiger partial charge < -0.3 is 4.74 Å². The number of rotatable bonds is 5. The van der Waals surface area contributed by atoms with Crippen LogP contribution in [-0.4, -0.2) is 12.1 Å². The van der Waals surface area contributed by atoms with Gasteiger partial charge >= 0.3 is 5.97 Å². The van der Waals surface area contributed by atoms with Gasteiger partial charge in [0.2, 0.25) is 0 Å². The highest BCUT2D eigenvalue weighted by Crippen LogP contribution is 2.35. The maximum atomic E-state index is 11.4. The molecule has 0 aromatic rings. The zero-order valence-electron chi connectivity index (χ0n) is 13.9. The molecule has 0 aromatic carbocycles. The van der Waals surface area contributed by atoms with Gasteiger partial charge in [-0.3, -0.25) is 0 Å². The molecule has 2 heteroatoms. The van der Waals surface area contributed by atoms with Crippen LogP contribution in [0.25, 0.3) is 0 Å². The summed E-state index contributed by atoms with van der Waals surface area (Å²) in [4.78, 5) is 11.4. The summed E-state index contributed by atoms with van der Waals surface area (Å²) in [5, 5.41) is 0. The van der Waals surface area contributed by atoms with E-state index in [4.69, 9.17) is 4.74 Å². The van der Waals surface area contributed by atoms with Gasteiger partial charge in [0.05, 0.1) is 0 Å². The molecule has 0 aliphatic heterocycles. The van der Waals surface area contributed by atoms with Crippen LogP contribution in [0, 0.1) is 17.8 Å². The van der Waals surface area contributed by atoms with Crippen molar-refractivity contribution in [3.05, 3.63) is 12.2 Å². The van der Waals surface area contributed by atoms with Crippen LogP contribution in [0.15, 0.2) is 12.2 Å². The van der Waals surface area contributed by atoms with Crippen molar-refractivity contribution in [3.63, 3.8) is 0 Å². The number of carbonyl (C=O) groups excluding carboxylic acids is 1. The van der Waals surface area contributed by atoms with Crippen molar-refractivity contribution in [2.45, 2.75) is 84.2 Å². The molecule has 2 aliphatic rings. The monoisotopic (exact) mass is 292 g/mol. The lowest BCUT2D eigenvalue weighted by Crippen LogP contribution is -2.24. The minimum atomic E-state index is -0.169. The molecule has 0 aromatic heterocycles. The van der Waals surface area contributed by atoms with Gasteiger partial charge in [-0.2, -0.15) is 0 Å². The van der Waals surface area contributed by atoms with Gasteiger partial charge in [-0.15, -0.1) is 0 Å². The van der Waals surface area contributed by atoms with Crippen molar-refractivity contribution in [1.82, 2.24) is 0 Å². The normalized spacial score (nSPS) is 34.0. The molecule has 0 amide bonds. The molecule has 120 valence electrons. The molecule has 0 spiro atoms. The van der Waals surface area contributed by atoms with Crippen molar-refractivity contribution in [1.29, 1.82) is 0 Å². The largest absolute Gasteiger partial charge is 0.459 e. The Labute approximate surface area is 130 Å². The maximum Gasteiger partial charge on any atom is 0.330 e. The number of hydrogen-bond donors (Lipinski definition) is 0. The van der Waals surface area contributed by atoms with Gasteiger partial charge in [0, 0.05) is 6.08 Å². The van der Waals surface area contributed by atoms with Crippen molar-refractivity contribution in [3.8, 4) is 0 Å². The van der Waals surface area contributed by atoms with E-state index in [1.54, 1.807) is 6.08 Å². The van der Waals surface area contributed by atoms with Crippen LogP contribution < -0.4 is 0 Å². The number of carbonyl (C=O) groups is 1. The second kappa shape index (κ2) is 8.60. The van der Waals surface area contributed by atoms with Crippen LogP contribution in [0.5, 0.6) is 0 Å². The van der Waals surface area contributed by atoms with E-state index in [2.05, 4.69) is 6.92 Å². The fourth-order valence-electron chi connectivity index (χ4n) is 3.97. The Bertz CT molecular complexity index is 331. The lowest BCUT2D eigenvalue weighted by Gasteiger charge is -2.31. The molecule has 2 saturated carbocycles. The van der Waals surface area contributed by atoms with Crippen LogP contribution in [0.2, 0.25) is 0 Å². The third kappa shape index (κ3) is 5.84. The fraction of sp³-hybridized carbons (Fsp3) is 0.842. The predicted octanol–water partition coefficient (Wildman–Crippen LogP) is 5.27. The van der Waals surface area contributed by atoms with Gasteiger partial charge in [-0.25, -0.2) is 4.79 Å². The first-order valence-corrected chi connectivity index (χ1v) is 9.00. The Morgan fingerprint density at radius 2 is 1.48 bits per heavy atom. The fourth-order valence-corrected chi connectivity index (χ4v) is 3.97. The highest BCUT2D eigenvalue weighted by Gasteiger charge is 2.25. The van der Waals surface area contributed by atoms with Gasteiger partial charge in [0.15, 0.2) is 0 Å². The van der Waals surface area contributed by atoms with Crippen molar-refractivity contribution < 1.29 is 9.53 Å². The van der Waals surface area contributed by atoms with Gasteiger partial charge in [-0.05, 0) is 50.4 Å². The molecule has 0 radical (unpaired) electrons. The van der Waals surface area contributed by atoms with E-state index >= 15 is 0 Å². The molecule has 0 bridgehead atoms. The first-order valence-electron chi connectivity index (χ1n) is 9.00. The number of hydrogen-bond acceptors (Lipinski definition) is 2. The van der Waals surface area contributed by atoms with Crippen LogP contribution in [-0.2, 0) is 9.53 Å². The first kappa shape index (κ1) is 16.6. The lowest BCUT2D eigenvalue weighted by molar-refractivity contribution is -0.144. The summed E-state index contributed by atoms with van der Waals surface area (Å²) in [5.74, 6) is 2.66. The van der Waals surface area contributed by atoms with Gasteiger partial charge in [0.25, 0.3) is 0 Å². The second-order valence-electron chi connectivity index (χ2n) is 7.28. The van der Waals surface area contributed by atoms with E-state index in [0.29, 0.717) is 0 Å². The molecule has 21 heavy (non-hydrogen) atoms. The topological polar surface area (TPSA) is 26.3 Å². The average Bonchev–Trinajstić information content (AvgIpc) is 2.48. The molecule has 2 rings (SSSR count).